The highest BCUT2D eigenvalue weighted by atomic mass is 16.6. The Balaban J connectivity index is 2.21. The van der Waals surface area contributed by atoms with Gasteiger partial charge in [0.1, 0.15) is 11.4 Å². The second-order valence-corrected chi connectivity index (χ2v) is 5.11. The topological polar surface area (TPSA) is 61.5 Å². The molecule has 0 saturated heterocycles. The molecule has 100 valence electrons. The predicted molar refractivity (Wildman–Crippen MR) is 71.4 cm³/mol. The average Bonchev–Trinajstić information content (AvgIpc) is 2.22. The number of hydrogen-bond donors (Lipinski definition) is 1. The van der Waals surface area contributed by atoms with E-state index in [4.69, 9.17) is 15.2 Å². The summed E-state index contributed by atoms with van der Waals surface area (Å²) in [4.78, 5) is 11.4. The van der Waals surface area contributed by atoms with Gasteiger partial charge in [-0.15, -0.1) is 0 Å². The number of carbonyl (C=O) groups excluding carboxylic acids is 1. The van der Waals surface area contributed by atoms with Crippen LogP contribution < -0.4 is 10.5 Å². The zero-order valence-corrected chi connectivity index (χ0v) is 11.2. The highest BCUT2D eigenvalue weighted by Crippen LogP contribution is 2.15. The SMILES string of the molecule is CC(C)(C)OC(=O)CCCOc1cccc(N)c1. The van der Waals surface area contributed by atoms with Crippen molar-refractivity contribution < 1.29 is 14.3 Å². The lowest BCUT2D eigenvalue weighted by atomic mass is 10.2. The molecule has 0 aromatic heterocycles. The van der Waals surface area contributed by atoms with Gasteiger partial charge in [-0.1, -0.05) is 6.07 Å². The largest absolute Gasteiger partial charge is 0.494 e. The number of nitrogens with two attached hydrogens (primary N) is 1. The smallest absolute Gasteiger partial charge is 0.306 e. The molecule has 0 unspecified atom stereocenters. The number of rotatable bonds is 5. The molecule has 1 aromatic rings. The summed E-state index contributed by atoms with van der Waals surface area (Å²) in [6, 6.07) is 7.23. The van der Waals surface area contributed by atoms with Crippen LogP contribution in [0.15, 0.2) is 24.3 Å². The van der Waals surface area contributed by atoms with Gasteiger partial charge >= 0.3 is 5.97 Å². The molecular formula is C14H21NO3. The van der Waals surface area contributed by atoms with E-state index in [0.717, 1.165) is 5.75 Å². The van der Waals surface area contributed by atoms with Gasteiger partial charge in [-0.05, 0) is 39.3 Å². The Labute approximate surface area is 108 Å². The summed E-state index contributed by atoms with van der Waals surface area (Å²) >= 11 is 0. The summed E-state index contributed by atoms with van der Waals surface area (Å²) in [6.45, 7) is 6.04. The van der Waals surface area contributed by atoms with Crippen molar-refractivity contribution >= 4 is 11.7 Å². The average molecular weight is 251 g/mol. The summed E-state index contributed by atoms with van der Waals surface area (Å²) in [6.07, 6.45) is 0.989. The van der Waals surface area contributed by atoms with Gasteiger partial charge in [0.05, 0.1) is 6.61 Å². The highest BCUT2D eigenvalue weighted by Gasteiger charge is 2.15. The molecule has 1 aromatic carbocycles. The maximum absolute atomic E-state index is 11.4. The lowest BCUT2D eigenvalue weighted by Crippen LogP contribution is -2.23. The zero-order valence-electron chi connectivity index (χ0n) is 11.2. The normalized spacial score (nSPS) is 11.1. The van der Waals surface area contributed by atoms with Crippen LogP contribution in [0.1, 0.15) is 33.6 Å². The molecule has 18 heavy (non-hydrogen) atoms. The maximum atomic E-state index is 11.4. The van der Waals surface area contributed by atoms with Gasteiger partial charge in [0.25, 0.3) is 0 Å². The fourth-order valence-corrected chi connectivity index (χ4v) is 1.40. The first-order chi connectivity index (χ1) is 8.37. The van der Waals surface area contributed by atoms with Gasteiger partial charge in [0.15, 0.2) is 0 Å². The Morgan fingerprint density at radius 2 is 2.06 bits per heavy atom. The molecule has 0 heterocycles. The first-order valence-corrected chi connectivity index (χ1v) is 6.07. The number of hydrogen-bond acceptors (Lipinski definition) is 4. The predicted octanol–water partition coefficient (Wildman–Crippen LogP) is 2.77. The minimum Gasteiger partial charge on any atom is -0.494 e. The van der Waals surface area contributed by atoms with Crippen LogP contribution in [-0.2, 0) is 9.53 Å². The van der Waals surface area contributed by atoms with Crippen molar-refractivity contribution in [3.8, 4) is 5.75 Å². The Morgan fingerprint density at radius 1 is 1.33 bits per heavy atom. The van der Waals surface area contributed by atoms with Crippen molar-refractivity contribution in [1.29, 1.82) is 0 Å². The van der Waals surface area contributed by atoms with Crippen LogP contribution in [0, 0.1) is 0 Å². The Kier molecular flexibility index (Phi) is 5.01. The van der Waals surface area contributed by atoms with Crippen LogP contribution >= 0.6 is 0 Å². The Morgan fingerprint density at radius 3 is 2.67 bits per heavy atom. The van der Waals surface area contributed by atoms with E-state index in [0.29, 0.717) is 25.1 Å². The van der Waals surface area contributed by atoms with Crippen LogP contribution in [0.4, 0.5) is 5.69 Å². The van der Waals surface area contributed by atoms with Gasteiger partial charge < -0.3 is 15.2 Å². The Hall–Kier alpha value is -1.71. The third-order valence-corrected chi connectivity index (χ3v) is 2.07. The molecule has 0 atom stereocenters. The first kappa shape index (κ1) is 14.4. The molecule has 0 bridgehead atoms. The van der Waals surface area contributed by atoms with Crippen molar-refractivity contribution in [3.63, 3.8) is 0 Å². The summed E-state index contributed by atoms with van der Waals surface area (Å²) in [5, 5.41) is 0. The lowest BCUT2D eigenvalue weighted by Gasteiger charge is -2.19. The van der Waals surface area contributed by atoms with Crippen LogP contribution in [0.25, 0.3) is 0 Å². The molecule has 0 fully saturated rings. The van der Waals surface area contributed by atoms with E-state index in [9.17, 15) is 4.79 Å². The van der Waals surface area contributed by atoms with E-state index in [2.05, 4.69) is 0 Å². The monoisotopic (exact) mass is 251 g/mol. The molecular weight excluding hydrogens is 230 g/mol. The molecule has 0 aliphatic rings. The number of benzene rings is 1. The highest BCUT2D eigenvalue weighted by molar-refractivity contribution is 5.69. The van der Waals surface area contributed by atoms with E-state index in [1.54, 1.807) is 12.1 Å². The van der Waals surface area contributed by atoms with Gasteiger partial charge in [-0.25, -0.2) is 0 Å². The van der Waals surface area contributed by atoms with Crippen LogP contribution in [0.2, 0.25) is 0 Å². The van der Waals surface area contributed by atoms with Gasteiger partial charge in [0, 0.05) is 18.2 Å². The fourth-order valence-electron chi connectivity index (χ4n) is 1.40. The van der Waals surface area contributed by atoms with Gasteiger partial charge in [-0.3, -0.25) is 4.79 Å². The molecule has 0 saturated carbocycles. The summed E-state index contributed by atoms with van der Waals surface area (Å²) in [5.74, 6) is 0.526. The third-order valence-electron chi connectivity index (χ3n) is 2.07. The first-order valence-electron chi connectivity index (χ1n) is 6.07. The van der Waals surface area contributed by atoms with Crippen molar-refractivity contribution in [2.75, 3.05) is 12.3 Å². The third kappa shape index (κ3) is 6.13. The molecule has 0 aliphatic heterocycles. The van der Waals surface area contributed by atoms with E-state index in [1.807, 2.05) is 32.9 Å². The van der Waals surface area contributed by atoms with E-state index in [-0.39, 0.29) is 5.97 Å². The lowest BCUT2D eigenvalue weighted by molar-refractivity contribution is -0.155. The zero-order chi connectivity index (χ0) is 13.6. The molecule has 0 spiro atoms. The molecule has 0 amide bonds. The molecule has 1 rings (SSSR count). The van der Waals surface area contributed by atoms with Crippen LogP contribution in [0.3, 0.4) is 0 Å². The number of esters is 1. The fraction of sp³-hybridized carbons (Fsp3) is 0.500. The molecule has 4 nitrogen and oxygen atoms in total. The summed E-state index contributed by atoms with van der Waals surface area (Å²) in [7, 11) is 0. The number of nitrogen functional groups attached to an aromatic ring is 1. The Bertz CT molecular complexity index is 396. The van der Waals surface area contributed by atoms with Gasteiger partial charge in [-0.2, -0.15) is 0 Å². The molecule has 0 radical (unpaired) electrons. The van der Waals surface area contributed by atoms with E-state index in [1.165, 1.54) is 0 Å². The molecule has 4 heteroatoms. The second-order valence-electron chi connectivity index (χ2n) is 5.11. The number of carbonyl (C=O) groups is 1. The summed E-state index contributed by atoms with van der Waals surface area (Å²) in [5.41, 5.74) is 5.87. The number of ether oxygens (including phenoxy) is 2. The van der Waals surface area contributed by atoms with Crippen LogP contribution in [0.5, 0.6) is 5.75 Å². The van der Waals surface area contributed by atoms with Crippen molar-refractivity contribution in [1.82, 2.24) is 0 Å². The van der Waals surface area contributed by atoms with Crippen molar-refractivity contribution in [2.45, 2.75) is 39.2 Å². The van der Waals surface area contributed by atoms with Crippen LogP contribution in [-0.4, -0.2) is 18.2 Å². The quantitative estimate of drug-likeness (QED) is 0.496. The minimum absolute atomic E-state index is 0.196. The van der Waals surface area contributed by atoms with Crippen molar-refractivity contribution in [2.24, 2.45) is 0 Å². The standard InChI is InChI=1S/C14H21NO3/c1-14(2,3)18-13(16)8-5-9-17-12-7-4-6-11(15)10-12/h4,6-7,10H,5,8-9,15H2,1-3H3. The minimum atomic E-state index is -0.425. The second kappa shape index (κ2) is 6.28. The van der Waals surface area contributed by atoms with Crippen molar-refractivity contribution in [3.05, 3.63) is 24.3 Å². The van der Waals surface area contributed by atoms with E-state index >= 15 is 0 Å². The number of anilines is 1. The molecule has 0 aliphatic carbocycles. The van der Waals surface area contributed by atoms with E-state index < -0.39 is 5.60 Å². The van der Waals surface area contributed by atoms with Gasteiger partial charge in [0.2, 0.25) is 0 Å². The maximum Gasteiger partial charge on any atom is 0.306 e. The summed E-state index contributed by atoms with van der Waals surface area (Å²) < 4.78 is 10.7. The molecule has 2 N–H and O–H groups in total.